The number of amides is 1. The SMILES string of the molecule is Cc1cccc(C)c1NC(=O)c1ccc(NCc2ccccn2)nn1. The minimum atomic E-state index is -0.277. The maximum absolute atomic E-state index is 12.4. The largest absolute Gasteiger partial charge is 0.363 e. The lowest BCUT2D eigenvalue weighted by Gasteiger charge is -2.11. The van der Waals surface area contributed by atoms with Gasteiger partial charge in [-0.15, -0.1) is 10.2 Å². The number of hydrogen-bond donors (Lipinski definition) is 2. The molecule has 6 nitrogen and oxygen atoms in total. The van der Waals surface area contributed by atoms with Crippen molar-refractivity contribution in [2.75, 3.05) is 10.6 Å². The number of carbonyl (C=O) groups is 1. The predicted octanol–water partition coefficient (Wildman–Crippen LogP) is 3.35. The normalized spacial score (nSPS) is 10.3. The molecule has 126 valence electrons. The number of hydrogen-bond acceptors (Lipinski definition) is 5. The topological polar surface area (TPSA) is 79.8 Å². The molecular weight excluding hydrogens is 314 g/mol. The summed E-state index contributed by atoms with van der Waals surface area (Å²) in [6.45, 7) is 4.46. The van der Waals surface area contributed by atoms with E-state index in [-0.39, 0.29) is 11.6 Å². The molecule has 1 amide bonds. The first kappa shape index (κ1) is 16.6. The van der Waals surface area contributed by atoms with Crippen LogP contribution in [0.3, 0.4) is 0 Å². The van der Waals surface area contributed by atoms with Crippen LogP contribution in [0, 0.1) is 13.8 Å². The number of anilines is 2. The van der Waals surface area contributed by atoms with E-state index in [4.69, 9.17) is 0 Å². The van der Waals surface area contributed by atoms with E-state index >= 15 is 0 Å². The highest BCUT2D eigenvalue weighted by Gasteiger charge is 2.11. The Bertz CT molecular complexity index is 842. The second-order valence-electron chi connectivity index (χ2n) is 5.70. The fourth-order valence-electron chi connectivity index (χ4n) is 2.42. The lowest BCUT2D eigenvalue weighted by atomic mass is 10.1. The van der Waals surface area contributed by atoms with Gasteiger partial charge in [0.2, 0.25) is 0 Å². The van der Waals surface area contributed by atoms with E-state index in [1.165, 1.54) is 0 Å². The van der Waals surface area contributed by atoms with E-state index in [0.717, 1.165) is 22.5 Å². The van der Waals surface area contributed by atoms with Crippen molar-refractivity contribution in [1.29, 1.82) is 0 Å². The van der Waals surface area contributed by atoms with Crippen LogP contribution in [0.25, 0.3) is 0 Å². The second kappa shape index (κ2) is 7.53. The average Bonchev–Trinajstić information content (AvgIpc) is 2.64. The highest BCUT2D eigenvalue weighted by atomic mass is 16.1. The zero-order chi connectivity index (χ0) is 17.6. The van der Waals surface area contributed by atoms with Gasteiger partial charge in [0.1, 0.15) is 5.82 Å². The van der Waals surface area contributed by atoms with Gasteiger partial charge in [-0.3, -0.25) is 9.78 Å². The molecule has 25 heavy (non-hydrogen) atoms. The fraction of sp³-hybridized carbons (Fsp3) is 0.158. The molecule has 2 aromatic heterocycles. The number of aryl methyl sites for hydroxylation is 2. The second-order valence-corrected chi connectivity index (χ2v) is 5.70. The van der Waals surface area contributed by atoms with Crippen molar-refractivity contribution in [1.82, 2.24) is 15.2 Å². The summed E-state index contributed by atoms with van der Waals surface area (Å²) in [7, 11) is 0. The van der Waals surface area contributed by atoms with E-state index in [1.54, 1.807) is 18.3 Å². The number of benzene rings is 1. The Hall–Kier alpha value is -3.28. The van der Waals surface area contributed by atoms with Gasteiger partial charge in [-0.05, 0) is 49.2 Å². The minimum absolute atomic E-state index is 0.269. The van der Waals surface area contributed by atoms with Crippen molar-refractivity contribution < 1.29 is 4.79 Å². The first-order valence-electron chi connectivity index (χ1n) is 7.98. The summed E-state index contributed by atoms with van der Waals surface area (Å²) in [5.74, 6) is 0.315. The van der Waals surface area contributed by atoms with Gasteiger partial charge in [0.15, 0.2) is 5.69 Å². The van der Waals surface area contributed by atoms with Crippen LogP contribution in [0.1, 0.15) is 27.3 Å². The molecule has 6 heteroatoms. The van der Waals surface area contributed by atoms with Gasteiger partial charge in [0, 0.05) is 11.9 Å². The fourth-order valence-corrected chi connectivity index (χ4v) is 2.42. The summed E-state index contributed by atoms with van der Waals surface area (Å²) in [6.07, 6.45) is 1.74. The van der Waals surface area contributed by atoms with E-state index in [9.17, 15) is 4.79 Å². The van der Waals surface area contributed by atoms with Gasteiger partial charge in [0.05, 0.1) is 12.2 Å². The third kappa shape index (κ3) is 4.17. The summed E-state index contributed by atoms with van der Waals surface area (Å²) in [6, 6.07) is 15.0. The number of nitrogens with one attached hydrogen (secondary N) is 2. The van der Waals surface area contributed by atoms with Crippen molar-refractivity contribution in [3.63, 3.8) is 0 Å². The van der Waals surface area contributed by atoms with Crippen LogP contribution in [0.4, 0.5) is 11.5 Å². The van der Waals surface area contributed by atoms with Gasteiger partial charge in [-0.2, -0.15) is 0 Å². The number of nitrogens with zero attached hydrogens (tertiary/aromatic N) is 3. The molecule has 0 aliphatic heterocycles. The van der Waals surface area contributed by atoms with Crippen molar-refractivity contribution >= 4 is 17.4 Å². The molecule has 0 saturated carbocycles. The molecule has 0 unspecified atom stereocenters. The Balaban J connectivity index is 1.64. The molecule has 3 aromatic rings. The molecule has 2 heterocycles. The Morgan fingerprint density at radius 2 is 1.76 bits per heavy atom. The van der Waals surface area contributed by atoms with E-state index in [1.807, 2.05) is 50.2 Å². The van der Waals surface area contributed by atoms with Crippen LogP contribution >= 0.6 is 0 Å². The lowest BCUT2D eigenvalue weighted by molar-refractivity contribution is 0.102. The van der Waals surface area contributed by atoms with Crippen LogP contribution in [-0.2, 0) is 6.54 Å². The summed E-state index contributed by atoms with van der Waals surface area (Å²) in [5, 5.41) is 14.1. The molecule has 0 spiro atoms. The third-order valence-electron chi connectivity index (χ3n) is 3.79. The molecule has 0 fully saturated rings. The average molecular weight is 333 g/mol. The molecule has 2 N–H and O–H groups in total. The summed E-state index contributed by atoms with van der Waals surface area (Å²) < 4.78 is 0. The Morgan fingerprint density at radius 1 is 0.960 bits per heavy atom. The standard InChI is InChI=1S/C19H19N5O/c1-13-6-5-7-14(2)18(13)22-19(25)16-9-10-17(24-23-16)21-12-15-8-3-4-11-20-15/h3-11H,12H2,1-2H3,(H,21,24)(H,22,25). The Kier molecular flexibility index (Phi) is 4.99. The molecule has 0 saturated heterocycles. The number of rotatable bonds is 5. The smallest absolute Gasteiger partial charge is 0.276 e. The maximum atomic E-state index is 12.4. The predicted molar refractivity (Wildman–Crippen MR) is 97.5 cm³/mol. The van der Waals surface area contributed by atoms with Crippen LogP contribution in [-0.4, -0.2) is 21.1 Å². The highest BCUT2D eigenvalue weighted by Crippen LogP contribution is 2.20. The van der Waals surface area contributed by atoms with Crippen LogP contribution < -0.4 is 10.6 Å². The molecule has 0 bridgehead atoms. The Morgan fingerprint density at radius 3 is 2.40 bits per heavy atom. The molecule has 3 rings (SSSR count). The first-order chi connectivity index (χ1) is 12.1. The minimum Gasteiger partial charge on any atom is -0.363 e. The van der Waals surface area contributed by atoms with E-state index in [0.29, 0.717) is 12.4 Å². The molecule has 0 aliphatic carbocycles. The van der Waals surface area contributed by atoms with E-state index in [2.05, 4.69) is 25.8 Å². The third-order valence-corrected chi connectivity index (χ3v) is 3.79. The number of carbonyl (C=O) groups excluding carboxylic acids is 1. The zero-order valence-electron chi connectivity index (χ0n) is 14.2. The quantitative estimate of drug-likeness (QED) is 0.748. The number of aromatic nitrogens is 3. The van der Waals surface area contributed by atoms with Crippen molar-refractivity contribution in [3.05, 3.63) is 77.2 Å². The summed E-state index contributed by atoms with van der Waals surface area (Å²) in [4.78, 5) is 16.6. The van der Waals surface area contributed by atoms with Crippen LogP contribution in [0.15, 0.2) is 54.7 Å². The molecular formula is C19H19N5O. The van der Waals surface area contributed by atoms with Crippen LogP contribution in [0.5, 0.6) is 0 Å². The van der Waals surface area contributed by atoms with Crippen molar-refractivity contribution in [2.45, 2.75) is 20.4 Å². The molecule has 0 aliphatic rings. The number of para-hydroxylation sites is 1. The monoisotopic (exact) mass is 333 g/mol. The molecule has 0 radical (unpaired) electrons. The highest BCUT2D eigenvalue weighted by molar-refractivity contribution is 6.03. The lowest BCUT2D eigenvalue weighted by Crippen LogP contribution is -2.16. The van der Waals surface area contributed by atoms with Crippen molar-refractivity contribution in [2.24, 2.45) is 0 Å². The van der Waals surface area contributed by atoms with Gasteiger partial charge in [0.25, 0.3) is 5.91 Å². The maximum Gasteiger partial charge on any atom is 0.276 e. The first-order valence-corrected chi connectivity index (χ1v) is 7.98. The van der Waals surface area contributed by atoms with Gasteiger partial charge in [-0.25, -0.2) is 0 Å². The number of pyridine rings is 1. The summed E-state index contributed by atoms with van der Waals surface area (Å²) in [5.41, 5.74) is 4.00. The zero-order valence-corrected chi connectivity index (χ0v) is 14.2. The van der Waals surface area contributed by atoms with Gasteiger partial charge >= 0.3 is 0 Å². The van der Waals surface area contributed by atoms with Gasteiger partial charge in [-0.1, -0.05) is 24.3 Å². The van der Waals surface area contributed by atoms with Crippen molar-refractivity contribution in [3.8, 4) is 0 Å². The van der Waals surface area contributed by atoms with Crippen LogP contribution in [0.2, 0.25) is 0 Å². The molecule has 0 atom stereocenters. The Labute approximate surface area is 146 Å². The molecule has 1 aromatic carbocycles. The summed E-state index contributed by atoms with van der Waals surface area (Å²) >= 11 is 0. The van der Waals surface area contributed by atoms with E-state index < -0.39 is 0 Å². The van der Waals surface area contributed by atoms with Gasteiger partial charge < -0.3 is 10.6 Å².